The van der Waals surface area contributed by atoms with E-state index in [-0.39, 0.29) is 37.5 Å². The Morgan fingerprint density at radius 3 is 0.934 bits per heavy atom. The van der Waals surface area contributed by atoms with E-state index in [4.69, 9.17) is 14.2 Å². The number of hydrogen-bond donors (Lipinski definition) is 0. The molecule has 0 fully saturated rings. The molecule has 0 rings (SSSR count). The molecule has 61 heavy (non-hydrogen) atoms. The van der Waals surface area contributed by atoms with E-state index in [1.807, 2.05) is 85.1 Å². The minimum Gasteiger partial charge on any atom is -0.462 e. The summed E-state index contributed by atoms with van der Waals surface area (Å²) in [5.41, 5.74) is 0. The molecule has 0 aromatic rings. The lowest BCUT2D eigenvalue weighted by Crippen LogP contribution is -2.30. The SMILES string of the molecule is CC\C=C/C=C\C=C/C=C\C=C/CCCCCC(=O)OCC(COC(=O)CCCCC\C=C/C=C\C=C/C=C\CC)OC(=O)CCCCCCCCC\C=C/C=C\C=C/CC. The zero-order valence-electron chi connectivity index (χ0n) is 38.4. The number of ether oxygens (including phenoxy) is 3. The van der Waals surface area contributed by atoms with Gasteiger partial charge in [-0.25, -0.2) is 0 Å². The summed E-state index contributed by atoms with van der Waals surface area (Å²) >= 11 is 0. The van der Waals surface area contributed by atoms with E-state index in [9.17, 15) is 14.4 Å². The van der Waals surface area contributed by atoms with E-state index >= 15 is 0 Å². The number of carbonyl (C=O) groups excluding carboxylic acids is 3. The second-order valence-electron chi connectivity index (χ2n) is 14.8. The highest BCUT2D eigenvalue weighted by molar-refractivity contribution is 5.71. The van der Waals surface area contributed by atoms with Crippen LogP contribution in [0, 0.1) is 0 Å². The number of carbonyl (C=O) groups is 3. The van der Waals surface area contributed by atoms with Gasteiger partial charge in [-0.1, -0.05) is 212 Å². The Balaban J connectivity index is 4.59. The molecule has 0 radical (unpaired) electrons. The van der Waals surface area contributed by atoms with Gasteiger partial charge in [0.1, 0.15) is 13.2 Å². The monoisotopic (exact) mass is 839 g/mol. The summed E-state index contributed by atoms with van der Waals surface area (Å²) in [6, 6.07) is 0. The fourth-order valence-corrected chi connectivity index (χ4v) is 5.65. The lowest BCUT2D eigenvalue weighted by molar-refractivity contribution is -0.167. The third kappa shape index (κ3) is 46.2. The highest BCUT2D eigenvalue weighted by Gasteiger charge is 2.19. The van der Waals surface area contributed by atoms with Crippen molar-refractivity contribution in [2.24, 2.45) is 0 Å². The van der Waals surface area contributed by atoms with Crippen molar-refractivity contribution in [3.05, 3.63) is 146 Å². The first-order valence-corrected chi connectivity index (χ1v) is 23.5. The lowest BCUT2D eigenvalue weighted by atomic mass is 10.1. The van der Waals surface area contributed by atoms with Gasteiger partial charge in [-0.2, -0.15) is 0 Å². The number of esters is 3. The van der Waals surface area contributed by atoms with Crippen LogP contribution in [0.3, 0.4) is 0 Å². The van der Waals surface area contributed by atoms with Crippen LogP contribution in [0.2, 0.25) is 0 Å². The fraction of sp³-hybridized carbons (Fsp3) is 0.509. The van der Waals surface area contributed by atoms with Crippen LogP contribution in [0.15, 0.2) is 146 Å². The van der Waals surface area contributed by atoms with Crippen LogP contribution in [0.1, 0.15) is 162 Å². The predicted octanol–water partition coefficient (Wildman–Crippen LogP) is 15.3. The molecule has 6 nitrogen and oxygen atoms in total. The van der Waals surface area contributed by atoms with Crippen molar-refractivity contribution in [1.82, 2.24) is 0 Å². The smallest absolute Gasteiger partial charge is 0.306 e. The van der Waals surface area contributed by atoms with Crippen LogP contribution in [0.5, 0.6) is 0 Å². The minimum absolute atomic E-state index is 0.124. The molecule has 0 N–H and O–H groups in total. The van der Waals surface area contributed by atoms with Crippen molar-refractivity contribution in [1.29, 1.82) is 0 Å². The molecule has 0 aliphatic carbocycles. The van der Waals surface area contributed by atoms with Crippen molar-refractivity contribution in [2.75, 3.05) is 13.2 Å². The third-order valence-corrected chi connectivity index (χ3v) is 9.10. The second kappa shape index (κ2) is 48.0. The first-order valence-electron chi connectivity index (χ1n) is 23.5. The van der Waals surface area contributed by atoms with Gasteiger partial charge < -0.3 is 14.2 Å². The van der Waals surface area contributed by atoms with Crippen LogP contribution in [-0.2, 0) is 28.6 Å². The molecule has 1 atom stereocenters. The van der Waals surface area contributed by atoms with Gasteiger partial charge in [0.25, 0.3) is 0 Å². The van der Waals surface area contributed by atoms with Crippen LogP contribution in [0.4, 0.5) is 0 Å². The molecule has 0 aromatic carbocycles. The largest absolute Gasteiger partial charge is 0.462 e. The van der Waals surface area contributed by atoms with Gasteiger partial charge in [0.2, 0.25) is 0 Å². The van der Waals surface area contributed by atoms with Crippen LogP contribution in [-0.4, -0.2) is 37.2 Å². The Hall–Kier alpha value is -4.71. The number of unbranched alkanes of at least 4 members (excludes halogenated alkanes) is 13. The predicted molar refractivity (Wildman–Crippen MR) is 260 cm³/mol. The summed E-state index contributed by atoms with van der Waals surface area (Å²) in [6.07, 6.45) is 68.2. The summed E-state index contributed by atoms with van der Waals surface area (Å²) in [6.45, 7) is 6.10. The van der Waals surface area contributed by atoms with E-state index < -0.39 is 6.10 Å². The van der Waals surface area contributed by atoms with Crippen LogP contribution in [0.25, 0.3) is 0 Å². The Labute approximate surface area is 372 Å². The van der Waals surface area contributed by atoms with E-state index in [0.717, 1.165) is 103 Å². The van der Waals surface area contributed by atoms with Gasteiger partial charge in [0.15, 0.2) is 6.10 Å². The minimum atomic E-state index is -0.824. The van der Waals surface area contributed by atoms with Gasteiger partial charge in [-0.3, -0.25) is 14.4 Å². The van der Waals surface area contributed by atoms with Gasteiger partial charge >= 0.3 is 17.9 Å². The Morgan fingerprint density at radius 2 is 0.590 bits per heavy atom. The van der Waals surface area contributed by atoms with Crippen molar-refractivity contribution in [3.8, 4) is 0 Å². The first-order chi connectivity index (χ1) is 30.0. The van der Waals surface area contributed by atoms with E-state index in [0.29, 0.717) is 12.8 Å². The summed E-state index contributed by atoms with van der Waals surface area (Å²) in [5, 5.41) is 0. The van der Waals surface area contributed by atoms with Crippen molar-refractivity contribution >= 4 is 17.9 Å². The average molecular weight is 839 g/mol. The average Bonchev–Trinajstić information content (AvgIpc) is 3.26. The van der Waals surface area contributed by atoms with E-state index in [1.54, 1.807) is 0 Å². The van der Waals surface area contributed by atoms with Gasteiger partial charge in [0, 0.05) is 19.3 Å². The Bertz CT molecular complexity index is 1430. The molecule has 0 bridgehead atoms. The van der Waals surface area contributed by atoms with Gasteiger partial charge in [-0.15, -0.1) is 0 Å². The Morgan fingerprint density at radius 1 is 0.328 bits per heavy atom. The fourth-order valence-electron chi connectivity index (χ4n) is 5.65. The highest BCUT2D eigenvalue weighted by Crippen LogP contribution is 2.12. The molecule has 1 unspecified atom stereocenters. The third-order valence-electron chi connectivity index (χ3n) is 9.10. The molecular weight excluding hydrogens is 757 g/mol. The summed E-state index contributed by atoms with van der Waals surface area (Å²) in [5.74, 6) is -1.03. The van der Waals surface area contributed by atoms with Crippen LogP contribution < -0.4 is 0 Å². The van der Waals surface area contributed by atoms with Crippen molar-refractivity contribution in [3.63, 3.8) is 0 Å². The highest BCUT2D eigenvalue weighted by atomic mass is 16.6. The zero-order valence-corrected chi connectivity index (χ0v) is 38.4. The van der Waals surface area contributed by atoms with Gasteiger partial charge in [-0.05, 0) is 77.0 Å². The quantitative estimate of drug-likeness (QED) is 0.0265. The molecule has 0 aliphatic heterocycles. The second-order valence-corrected chi connectivity index (χ2v) is 14.8. The molecule has 338 valence electrons. The first kappa shape index (κ1) is 56.3. The summed E-state index contributed by atoms with van der Waals surface area (Å²) < 4.78 is 16.7. The molecule has 0 heterocycles. The molecule has 0 saturated carbocycles. The molecule has 0 aliphatic rings. The topological polar surface area (TPSA) is 78.9 Å². The maximum atomic E-state index is 12.8. The Kier molecular flexibility index (Phi) is 44.3. The molecule has 0 saturated heterocycles. The normalized spacial score (nSPS) is 13.4. The molecule has 0 amide bonds. The number of allylic oxidation sites excluding steroid dienone is 24. The maximum absolute atomic E-state index is 12.8. The number of rotatable bonds is 39. The van der Waals surface area contributed by atoms with Gasteiger partial charge in [0.05, 0.1) is 0 Å². The van der Waals surface area contributed by atoms with Crippen LogP contribution >= 0.6 is 0 Å². The standard InChI is InChI=1S/C55H82O6/c1-4-7-10-13-16-19-22-25-27-30-33-36-39-42-45-48-54(57)60-51-52(50-59-53(56)47-44-41-38-35-32-29-24-21-18-15-12-9-6-3)61-55(58)49-46-43-40-37-34-31-28-26-23-20-17-14-11-8-5-2/h7-25,27,29-30,32-33,52H,4-6,26,28,31,34-51H2,1-3H3/b10-7-,11-8-,12-9-,16-13-,17-14-,18-15-,22-19-,23-20-,24-21-,27-25-,32-29-,33-30-. The van der Waals surface area contributed by atoms with Crippen molar-refractivity contribution in [2.45, 2.75) is 168 Å². The summed E-state index contributed by atoms with van der Waals surface area (Å²) in [7, 11) is 0. The van der Waals surface area contributed by atoms with E-state index in [2.05, 4.69) is 81.5 Å². The molecule has 0 spiro atoms. The lowest BCUT2D eigenvalue weighted by Gasteiger charge is -2.18. The zero-order chi connectivity index (χ0) is 44.4. The number of hydrogen-bond acceptors (Lipinski definition) is 6. The molecular formula is C55H82O6. The summed E-state index contributed by atoms with van der Waals surface area (Å²) in [4.78, 5) is 37.9. The maximum Gasteiger partial charge on any atom is 0.306 e. The molecule has 0 aromatic heterocycles. The van der Waals surface area contributed by atoms with E-state index in [1.165, 1.54) is 19.3 Å². The molecule has 6 heteroatoms. The van der Waals surface area contributed by atoms with Crippen molar-refractivity contribution < 1.29 is 28.6 Å².